The Morgan fingerprint density at radius 1 is 1.38 bits per heavy atom. The molecule has 0 aliphatic carbocycles. The molecular weight excluding hydrogens is 274 g/mol. The van der Waals surface area contributed by atoms with Crippen LogP contribution in [0, 0.1) is 5.41 Å². The minimum atomic E-state index is -0.0810. The first kappa shape index (κ1) is 15.1. The van der Waals surface area contributed by atoms with Crippen molar-refractivity contribution < 1.29 is 5.11 Å². The number of phenols is 1. The van der Waals surface area contributed by atoms with Gasteiger partial charge in [0.2, 0.25) is 0 Å². The summed E-state index contributed by atoms with van der Waals surface area (Å²) >= 11 is 1.35. The Morgan fingerprint density at radius 2 is 1.92 bits per heavy atom. The Balaban J connectivity index is 0. The number of nitrogen functional groups attached to an aromatic ring is 1. The standard InChI is InChI=1S/C7H9AsN2O.2ClH/c8-4-2-1-3-5(11)6(4)7(9)10;;/h1-3,11H,8H2,(H3,9,10);2*1H. The second-order valence-electron chi connectivity index (χ2n) is 2.16. The normalized spacial score (nSPS) is 8.08. The van der Waals surface area contributed by atoms with Crippen LogP contribution in [-0.2, 0) is 0 Å². The molecule has 0 heterocycles. The van der Waals surface area contributed by atoms with E-state index in [1.54, 1.807) is 6.07 Å². The molecule has 1 aromatic carbocycles. The second-order valence-corrected chi connectivity index (χ2v) is 3.46. The molecule has 0 fully saturated rings. The number of halogens is 2. The van der Waals surface area contributed by atoms with Crippen molar-refractivity contribution in [3.05, 3.63) is 23.8 Å². The monoisotopic (exact) mass is 284 g/mol. The zero-order valence-corrected chi connectivity index (χ0v) is 10.7. The molecule has 13 heavy (non-hydrogen) atoms. The summed E-state index contributed by atoms with van der Waals surface area (Å²) in [6.07, 6.45) is 0. The van der Waals surface area contributed by atoms with Gasteiger partial charge >= 0.3 is 72.8 Å². The molecule has 74 valence electrons. The molecule has 6 heteroatoms. The van der Waals surface area contributed by atoms with Gasteiger partial charge in [-0.2, -0.15) is 0 Å². The number of amidine groups is 1. The average Bonchev–Trinajstić information content (AvgIpc) is 1.85. The Kier molecular flexibility index (Phi) is 7.14. The van der Waals surface area contributed by atoms with E-state index < -0.39 is 0 Å². The van der Waals surface area contributed by atoms with Gasteiger partial charge in [-0.15, -0.1) is 24.8 Å². The van der Waals surface area contributed by atoms with Gasteiger partial charge in [-0.25, -0.2) is 0 Å². The molecule has 0 bridgehead atoms. The third-order valence-corrected chi connectivity index (χ3v) is 2.35. The van der Waals surface area contributed by atoms with Crippen molar-refractivity contribution in [2.45, 2.75) is 0 Å². The predicted molar refractivity (Wildman–Crippen MR) is 61.8 cm³/mol. The van der Waals surface area contributed by atoms with Crippen LogP contribution in [0.5, 0.6) is 5.75 Å². The zero-order chi connectivity index (χ0) is 8.43. The van der Waals surface area contributed by atoms with E-state index in [4.69, 9.17) is 11.1 Å². The number of hydrogen-bond acceptors (Lipinski definition) is 2. The third kappa shape index (κ3) is 3.47. The molecule has 0 radical (unpaired) electrons. The van der Waals surface area contributed by atoms with Crippen LogP contribution < -0.4 is 10.1 Å². The van der Waals surface area contributed by atoms with Crippen molar-refractivity contribution in [1.29, 1.82) is 5.41 Å². The molecule has 0 spiro atoms. The molecule has 0 saturated carbocycles. The third-order valence-electron chi connectivity index (χ3n) is 1.34. The fourth-order valence-electron chi connectivity index (χ4n) is 0.851. The van der Waals surface area contributed by atoms with Gasteiger partial charge in [0.05, 0.1) is 0 Å². The number of phenolic OH excluding ortho intramolecular Hbond substituents is 1. The van der Waals surface area contributed by atoms with Crippen molar-refractivity contribution in [1.82, 2.24) is 0 Å². The Bertz CT molecular complexity index is 286. The van der Waals surface area contributed by atoms with Gasteiger partial charge in [0.1, 0.15) is 0 Å². The fourth-order valence-corrected chi connectivity index (χ4v) is 1.72. The van der Waals surface area contributed by atoms with Gasteiger partial charge in [0.15, 0.2) is 0 Å². The molecular formula is C7H11AsCl2N2O. The molecule has 1 rings (SSSR count). The van der Waals surface area contributed by atoms with E-state index in [1.165, 1.54) is 22.9 Å². The SMILES string of the molecule is Cl.Cl.N=C(N)c1c(O)cccc1[AsH2]. The number of nitrogens with two attached hydrogens (primary N) is 1. The quantitative estimate of drug-likeness (QED) is 0.379. The van der Waals surface area contributed by atoms with E-state index in [-0.39, 0.29) is 36.4 Å². The zero-order valence-electron chi connectivity index (χ0n) is 6.65. The number of aromatic hydroxyl groups is 1. The molecule has 4 N–H and O–H groups in total. The first-order valence-electron chi connectivity index (χ1n) is 3.04. The van der Waals surface area contributed by atoms with Gasteiger partial charge in [0, 0.05) is 0 Å². The summed E-state index contributed by atoms with van der Waals surface area (Å²) in [6.45, 7) is 0. The van der Waals surface area contributed by atoms with Gasteiger partial charge in [-0.1, -0.05) is 0 Å². The van der Waals surface area contributed by atoms with Gasteiger partial charge in [-0.05, 0) is 0 Å². The maximum atomic E-state index is 9.25. The van der Waals surface area contributed by atoms with E-state index in [9.17, 15) is 5.11 Å². The fraction of sp³-hybridized carbons (Fsp3) is 0. The number of benzene rings is 1. The Labute approximate surface area is 97.5 Å². The van der Waals surface area contributed by atoms with E-state index in [1.807, 2.05) is 6.07 Å². The van der Waals surface area contributed by atoms with Crippen LogP contribution in [0.3, 0.4) is 0 Å². The molecule has 1 unspecified atom stereocenters. The summed E-state index contributed by atoms with van der Waals surface area (Å²) in [5, 5.41) is 16.4. The van der Waals surface area contributed by atoms with Crippen LogP contribution in [-0.4, -0.2) is 27.8 Å². The summed E-state index contributed by atoms with van der Waals surface area (Å²) in [6, 6.07) is 5.09. The molecule has 0 amide bonds. The van der Waals surface area contributed by atoms with Crippen LogP contribution >= 0.6 is 24.8 Å². The van der Waals surface area contributed by atoms with Crippen molar-refractivity contribution in [2.75, 3.05) is 0 Å². The van der Waals surface area contributed by atoms with Crippen molar-refractivity contribution in [3.8, 4) is 5.75 Å². The summed E-state index contributed by atoms with van der Waals surface area (Å²) in [5.74, 6) is 0.00171. The number of hydrogen-bond donors (Lipinski definition) is 3. The molecule has 0 aliphatic heterocycles. The van der Waals surface area contributed by atoms with E-state index in [0.29, 0.717) is 5.56 Å². The Morgan fingerprint density at radius 3 is 2.23 bits per heavy atom. The van der Waals surface area contributed by atoms with Crippen LogP contribution in [0.2, 0.25) is 0 Å². The minimum absolute atomic E-state index is 0. The first-order valence-corrected chi connectivity index (χ1v) is 4.26. The van der Waals surface area contributed by atoms with Gasteiger partial charge in [0.25, 0.3) is 0 Å². The van der Waals surface area contributed by atoms with Gasteiger partial charge < -0.3 is 0 Å². The van der Waals surface area contributed by atoms with Crippen molar-refractivity contribution in [2.24, 2.45) is 5.73 Å². The summed E-state index contributed by atoms with van der Waals surface area (Å²) in [7, 11) is 0. The summed E-state index contributed by atoms with van der Waals surface area (Å²) in [4.78, 5) is 0. The molecule has 1 aromatic rings. The first-order chi connectivity index (χ1) is 5.13. The van der Waals surface area contributed by atoms with Crippen molar-refractivity contribution >= 4 is 51.9 Å². The van der Waals surface area contributed by atoms with Crippen LogP contribution in [0.1, 0.15) is 5.56 Å². The van der Waals surface area contributed by atoms with E-state index in [2.05, 4.69) is 0 Å². The molecule has 0 aromatic heterocycles. The van der Waals surface area contributed by atoms with Crippen molar-refractivity contribution in [3.63, 3.8) is 0 Å². The Hall–Kier alpha value is -0.372. The van der Waals surface area contributed by atoms with Crippen LogP contribution in [0.25, 0.3) is 0 Å². The summed E-state index contributed by atoms with van der Waals surface area (Å²) in [5.41, 5.74) is 5.70. The maximum absolute atomic E-state index is 9.25. The number of rotatable bonds is 1. The van der Waals surface area contributed by atoms with Gasteiger partial charge in [-0.3, -0.25) is 0 Å². The molecule has 0 aliphatic rings. The summed E-state index contributed by atoms with van der Waals surface area (Å²) < 4.78 is 0.880. The predicted octanol–water partition coefficient (Wildman–Crippen LogP) is -0.222. The van der Waals surface area contributed by atoms with E-state index in [0.717, 1.165) is 4.35 Å². The topological polar surface area (TPSA) is 70.1 Å². The van der Waals surface area contributed by atoms with E-state index >= 15 is 0 Å². The second kappa shape index (κ2) is 6.14. The van der Waals surface area contributed by atoms with Crippen LogP contribution in [0.15, 0.2) is 18.2 Å². The molecule has 1 atom stereocenters. The molecule has 0 saturated heterocycles. The average molecular weight is 285 g/mol. The molecule has 3 nitrogen and oxygen atoms in total. The van der Waals surface area contributed by atoms with Crippen LogP contribution in [0.4, 0.5) is 0 Å². The number of nitrogens with one attached hydrogen (secondary N) is 1.